The fraction of sp³-hybridized carbons (Fsp3) is 0.227. The smallest absolute Gasteiger partial charge is 0.365 e. The molecule has 0 aliphatic heterocycles. The number of nitrogen functional groups attached to an aromatic ring is 4. The van der Waals surface area contributed by atoms with Crippen LogP contribution < -0.4 is 33.4 Å². The molecule has 10 aromatic heterocycles. The molecule has 0 aliphatic rings. The number of aliphatic hydroxyl groups is 1. The Labute approximate surface area is 497 Å². The van der Waals surface area contributed by atoms with Crippen molar-refractivity contribution in [1.82, 2.24) is 81.7 Å². The number of ketones is 1. The molecule has 10 aromatic rings. The second kappa shape index (κ2) is 24.9. The molecular formula is C44H44N31O7S4+. The van der Waals surface area contributed by atoms with E-state index in [-0.39, 0.29) is 107 Å². The number of aliphatic hydroxyl groups excluding tert-OH is 1. The van der Waals surface area contributed by atoms with E-state index in [2.05, 4.69) is 104 Å². The molecule has 0 atom stereocenters. The lowest BCUT2D eigenvalue weighted by atomic mass is 10.2. The van der Waals surface area contributed by atoms with Crippen molar-refractivity contribution < 1.29 is 38.4 Å². The second-order valence-corrected chi connectivity index (χ2v) is 20.3. The second-order valence-electron chi connectivity index (χ2n) is 17.2. The molecular weight excluding hydrogens is 1200 g/mol. The van der Waals surface area contributed by atoms with Gasteiger partial charge in [-0.25, -0.2) is 19.6 Å². The van der Waals surface area contributed by atoms with Crippen LogP contribution in [0.2, 0.25) is 0 Å². The van der Waals surface area contributed by atoms with Crippen LogP contribution in [0.3, 0.4) is 0 Å². The van der Waals surface area contributed by atoms with Gasteiger partial charge in [-0.2, -0.15) is 61.8 Å². The third kappa shape index (κ3) is 11.7. The Hall–Kier alpha value is -11.0. The highest BCUT2D eigenvalue weighted by atomic mass is 32.1. The summed E-state index contributed by atoms with van der Waals surface area (Å²) in [4.78, 5) is 70.4. The first-order chi connectivity index (χ1) is 41.1. The lowest BCUT2D eigenvalue weighted by Gasteiger charge is -2.07. The number of methoxy groups -OCH3 is 2. The molecule has 0 aromatic carbocycles. The Morgan fingerprint density at radius 2 is 0.953 bits per heavy atom. The number of carbonyl (C=O) groups is 4. The number of anilines is 4. The first-order valence-electron chi connectivity index (χ1n) is 24.1. The van der Waals surface area contributed by atoms with E-state index in [1.54, 1.807) is 60.0 Å². The molecule has 42 heteroatoms. The van der Waals surface area contributed by atoms with Gasteiger partial charge in [0.15, 0.2) is 60.3 Å². The molecule has 0 saturated carbocycles. The molecule has 0 radical (unpaired) electrons. The molecule has 86 heavy (non-hydrogen) atoms. The van der Waals surface area contributed by atoms with E-state index in [0.29, 0.717) is 39.4 Å². The molecule has 10 rings (SSSR count). The summed E-state index contributed by atoms with van der Waals surface area (Å²) < 4.78 is 32.2. The van der Waals surface area contributed by atoms with Crippen molar-refractivity contribution in [2.75, 3.05) is 43.8 Å². The average Bonchev–Trinajstić information content (AvgIpc) is 4.45. The number of carbonyl (C=O) groups excluding carboxylic acids is 4. The third-order valence-electron chi connectivity index (χ3n) is 11.6. The molecule has 0 aliphatic carbocycles. The topological polar surface area (TPSA) is 527 Å². The molecule has 0 saturated heterocycles. The first kappa shape index (κ1) is 59.6. The Kier molecular flexibility index (Phi) is 17.2. The number of Topliss-reactive ketones (excluding diaryl/α,β-unsaturated/α-hetero) is 1. The molecule has 0 spiro atoms. The molecule has 1 amide bonds. The summed E-state index contributed by atoms with van der Waals surface area (Å²) in [5, 5.41) is 61.5. The summed E-state index contributed by atoms with van der Waals surface area (Å²) in [6.45, 7) is 9.07. The van der Waals surface area contributed by atoms with Gasteiger partial charge in [0.05, 0.1) is 72.8 Å². The van der Waals surface area contributed by atoms with Crippen LogP contribution in [-0.4, -0.2) is 131 Å². The van der Waals surface area contributed by atoms with E-state index in [1.165, 1.54) is 36.8 Å². The van der Waals surface area contributed by atoms with Gasteiger partial charge in [0.1, 0.15) is 17.7 Å². The summed E-state index contributed by atoms with van der Waals surface area (Å²) in [7, 11) is 4.00. The fourth-order valence-electron chi connectivity index (χ4n) is 7.42. The van der Waals surface area contributed by atoms with E-state index in [9.17, 15) is 24.3 Å². The number of aromatic nitrogens is 18. The Balaban J connectivity index is 0.000000319. The van der Waals surface area contributed by atoms with Gasteiger partial charge in [-0.15, -0.1) is 35.4 Å². The van der Waals surface area contributed by atoms with Crippen LogP contribution in [0.15, 0.2) is 65.6 Å². The lowest BCUT2D eigenvalue weighted by Crippen LogP contribution is -2.31. The van der Waals surface area contributed by atoms with Crippen molar-refractivity contribution in [1.29, 1.82) is 0 Å². The zero-order chi connectivity index (χ0) is 61.8. The van der Waals surface area contributed by atoms with Crippen molar-refractivity contribution in [2.24, 2.45) is 53.7 Å². The normalized spacial score (nSPS) is 11.7. The SMILES string of the molecule is COC(=O)c1c(C)nsc1N=Nc1c(C)nn(-c2nc(-n3nc(C)c(N=Nc4snc(C)c4C(=O)OC)c3N)nc(-n3n[n+](C)c(N=Nc4snc(C)c4C(=O)CO)c3N)n2)c1N.Cc1nn(-c2ncccn2)c(N)c1N=Nc1sncc1C(N)=O. The highest BCUT2D eigenvalue weighted by molar-refractivity contribution is 7.11. The minimum atomic E-state index is -0.751. The van der Waals surface area contributed by atoms with Crippen molar-refractivity contribution in [3.8, 4) is 23.8 Å². The quantitative estimate of drug-likeness (QED) is 0.0286. The molecule has 440 valence electrons. The fourth-order valence-corrected chi connectivity index (χ4v) is 10.2. The maximum atomic E-state index is 12.4. The van der Waals surface area contributed by atoms with Crippen molar-refractivity contribution in [3.05, 3.63) is 81.1 Å². The van der Waals surface area contributed by atoms with E-state index < -0.39 is 30.2 Å². The maximum absolute atomic E-state index is 12.4. The number of nitrogens with zero attached hydrogens (tertiary/aromatic N) is 26. The number of nitrogens with two attached hydrogens (primary N) is 5. The van der Waals surface area contributed by atoms with Gasteiger partial charge in [-0.1, -0.05) is 9.80 Å². The number of aryl methyl sites for hydroxylation is 7. The standard InChI is InChI=1S/C32H32N22O6S3.C12H11N9OS/c1-10-16(15(56)9-55)25(61-47-10)44-41-24-23(35)54(50-51(24)6)32-37-30(52-21(33)19(13(4)45-52)39-42-26-17(28(57)59-7)11(2)48-62-26)36-31(38-32)53-22(34)20(14(5)46-53)40-43-27-18(29(58)60-8)12(3)49-63-27;1-6-8(18-19-11-7(10(14)22)5-17-23-11)9(13)21(20-6)12-15-3-2-4-16-12/h55H,9H2,1-8H3,(H5-,33,34,35,42,43,44,45,46,47,48,49,50,56,57,58);2-5H,13H2,1H3,(H2,14,22)/p+1. The minimum Gasteiger partial charge on any atom is -0.465 e. The zero-order valence-corrected chi connectivity index (χ0v) is 49.3. The number of rotatable bonds is 17. The molecule has 10 heterocycles. The van der Waals surface area contributed by atoms with Crippen LogP contribution in [0.4, 0.5) is 66.2 Å². The van der Waals surface area contributed by atoms with E-state index in [0.717, 1.165) is 60.2 Å². The Morgan fingerprint density at radius 1 is 0.547 bits per heavy atom. The van der Waals surface area contributed by atoms with Crippen LogP contribution in [0.1, 0.15) is 75.6 Å². The maximum Gasteiger partial charge on any atom is 0.365 e. The largest absolute Gasteiger partial charge is 0.465 e. The Morgan fingerprint density at radius 3 is 1.40 bits per heavy atom. The van der Waals surface area contributed by atoms with E-state index in [4.69, 9.17) is 38.1 Å². The van der Waals surface area contributed by atoms with E-state index >= 15 is 0 Å². The van der Waals surface area contributed by atoms with Crippen LogP contribution in [0, 0.1) is 41.5 Å². The third-order valence-corrected chi connectivity index (χ3v) is 14.8. The number of esters is 2. The molecule has 11 N–H and O–H groups in total. The number of amides is 1. The zero-order valence-electron chi connectivity index (χ0n) is 46.1. The number of hydrogen-bond acceptors (Lipinski definition) is 36. The highest BCUT2D eigenvalue weighted by Crippen LogP contribution is 2.38. The van der Waals surface area contributed by atoms with Crippen molar-refractivity contribution in [2.45, 2.75) is 41.5 Å². The summed E-state index contributed by atoms with van der Waals surface area (Å²) >= 11 is 3.79. The number of azo groups is 4. The number of hydrogen-bond donors (Lipinski definition) is 6. The van der Waals surface area contributed by atoms with Gasteiger partial charge in [0.25, 0.3) is 29.6 Å². The monoisotopic (exact) mass is 1250 g/mol. The van der Waals surface area contributed by atoms with E-state index in [1.807, 2.05) is 0 Å². The van der Waals surface area contributed by atoms with Crippen LogP contribution in [0.5, 0.6) is 0 Å². The van der Waals surface area contributed by atoms with Crippen LogP contribution in [0.25, 0.3) is 23.8 Å². The van der Waals surface area contributed by atoms with Gasteiger partial charge in [0.2, 0.25) is 0 Å². The van der Waals surface area contributed by atoms with Gasteiger partial charge < -0.3 is 43.2 Å². The van der Waals surface area contributed by atoms with Crippen molar-refractivity contribution >= 4 is 136 Å². The summed E-state index contributed by atoms with van der Waals surface area (Å²) in [6, 6.07) is 1.69. The summed E-state index contributed by atoms with van der Waals surface area (Å²) in [5.74, 6) is -2.82. The molecule has 0 fully saturated rings. The van der Waals surface area contributed by atoms with Crippen LogP contribution in [-0.2, 0) is 16.5 Å². The molecule has 0 bridgehead atoms. The summed E-state index contributed by atoms with van der Waals surface area (Å²) in [5.41, 5.74) is 34.6. The predicted octanol–water partition coefficient (Wildman–Crippen LogP) is 5.43. The number of primary amides is 1. The van der Waals surface area contributed by atoms with Gasteiger partial charge in [-0.3, -0.25) is 9.59 Å². The van der Waals surface area contributed by atoms with Gasteiger partial charge in [0, 0.05) is 22.7 Å². The van der Waals surface area contributed by atoms with Gasteiger partial charge >= 0.3 is 23.7 Å². The van der Waals surface area contributed by atoms with Crippen molar-refractivity contribution in [3.63, 3.8) is 0 Å². The average molecular weight is 1250 g/mol. The molecule has 0 unspecified atom stereocenters. The number of ether oxygens (including phenoxy) is 2. The Bertz CT molecular complexity index is 4070. The minimum absolute atomic E-state index is 0.00973. The highest BCUT2D eigenvalue weighted by Gasteiger charge is 2.30. The van der Waals surface area contributed by atoms with Gasteiger partial charge in [-0.05, 0) is 93.7 Å². The summed E-state index contributed by atoms with van der Waals surface area (Å²) in [6.07, 6.45) is 4.51. The predicted molar refractivity (Wildman–Crippen MR) is 305 cm³/mol. The lowest BCUT2D eigenvalue weighted by molar-refractivity contribution is -0.719. The first-order valence-corrected chi connectivity index (χ1v) is 27.2. The van der Waals surface area contributed by atoms with Crippen LogP contribution >= 0.6 is 46.1 Å². The molecule has 38 nitrogen and oxygen atoms in total.